The van der Waals surface area contributed by atoms with Crippen LogP contribution in [0.3, 0.4) is 0 Å². The summed E-state index contributed by atoms with van der Waals surface area (Å²) in [7, 11) is 0. The quantitative estimate of drug-likeness (QED) is 0.760. The lowest BCUT2D eigenvalue weighted by atomic mass is 10.1. The Labute approximate surface area is 148 Å². The predicted molar refractivity (Wildman–Crippen MR) is 89.1 cm³/mol. The molecule has 26 heavy (non-hydrogen) atoms. The van der Waals surface area contributed by atoms with E-state index in [0.29, 0.717) is 22.5 Å². The number of hydrogen-bond donors (Lipinski definition) is 1. The molecule has 3 rings (SSSR count). The molecule has 142 valence electrons. The van der Waals surface area contributed by atoms with Gasteiger partial charge in [0.15, 0.2) is 5.65 Å². The number of nitrogens with one attached hydrogen (secondary N) is 1. The average Bonchev–Trinajstić information content (AvgIpc) is 3.31. The third kappa shape index (κ3) is 4.32. The summed E-state index contributed by atoms with van der Waals surface area (Å²) in [5.41, 5.74) is 1.96. The van der Waals surface area contributed by atoms with Gasteiger partial charge < -0.3 is 10.1 Å². The second-order valence-electron chi connectivity index (χ2n) is 6.71. The van der Waals surface area contributed by atoms with Gasteiger partial charge in [-0.15, -0.1) is 0 Å². The Morgan fingerprint density at radius 2 is 2.15 bits per heavy atom. The zero-order chi connectivity index (χ0) is 18.9. The second kappa shape index (κ2) is 7.22. The third-order valence-corrected chi connectivity index (χ3v) is 4.11. The van der Waals surface area contributed by atoms with E-state index >= 15 is 0 Å². The molecule has 0 unspecified atom stereocenters. The van der Waals surface area contributed by atoms with E-state index < -0.39 is 12.8 Å². The van der Waals surface area contributed by atoms with Crippen LogP contribution in [0.4, 0.5) is 13.2 Å². The maximum atomic E-state index is 12.5. The number of ether oxygens (including phenoxy) is 1. The highest BCUT2D eigenvalue weighted by molar-refractivity contribution is 6.05. The summed E-state index contributed by atoms with van der Waals surface area (Å²) in [4.78, 5) is 17.2. The van der Waals surface area contributed by atoms with E-state index in [4.69, 9.17) is 0 Å². The molecule has 2 aromatic heterocycles. The van der Waals surface area contributed by atoms with Crippen molar-refractivity contribution in [2.45, 2.75) is 44.8 Å². The van der Waals surface area contributed by atoms with E-state index in [1.807, 2.05) is 13.8 Å². The molecule has 1 N–H and O–H groups in total. The molecule has 1 fully saturated rings. The number of fused-ring (bicyclic) bond motifs is 1. The van der Waals surface area contributed by atoms with Crippen LogP contribution in [0, 0.1) is 0 Å². The van der Waals surface area contributed by atoms with Crippen LogP contribution >= 0.6 is 0 Å². The molecule has 0 radical (unpaired) electrons. The van der Waals surface area contributed by atoms with Gasteiger partial charge in [-0.25, -0.2) is 9.67 Å². The summed E-state index contributed by atoms with van der Waals surface area (Å²) < 4.78 is 42.4. The Kier molecular flexibility index (Phi) is 5.17. The van der Waals surface area contributed by atoms with Crippen molar-refractivity contribution in [2.24, 2.45) is 0 Å². The molecular formula is C17H21F3N4O2. The molecule has 1 saturated carbocycles. The average molecular weight is 370 g/mol. The van der Waals surface area contributed by atoms with E-state index in [9.17, 15) is 18.0 Å². The molecule has 9 heteroatoms. The minimum atomic E-state index is -4.37. The Morgan fingerprint density at radius 1 is 1.42 bits per heavy atom. The van der Waals surface area contributed by atoms with E-state index in [1.54, 1.807) is 16.9 Å². The lowest BCUT2D eigenvalue weighted by Gasteiger charge is -2.11. The fourth-order valence-corrected chi connectivity index (χ4v) is 2.71. The van der Waals surface area contributed by atoms with Gasteiger partial charge in [-0.3, -0.25) is 4.79 Å². The van der Waals surface area contributed by atoms with Crippen molar-refractivity contribution in [1.82, 2.24) is 20.1 Å². The predicted octanol–water partition coefficient (Wildman–Crippen LogP) is 3.20. The van der Waals surface area contributed by atoms with Gasteiger partial charge in [0.05, 0.1) is 23.8 Å². The molecule has 0 bridgehead atoms. The van der Waals surface area contributed by atoms with Gasteiger partial charge in [0.2, 0.25) is 0 Å². The van der Waals surface area contributed by atoms with Gasteiger partial charge in [0.1, 0.15) is 6.61 Å². The van der Waals surface area contributed by atoms with Crippen molar-refractivity contribution < 1.29 is 22.7 Å². The number of halogens is 3. The van der Waals surface area contributed by atoms with Crippen LogP contribution in [0.5, 0.6) is 0 Å². The van der Waals surface area contributed by atoms with Crippen LogP contribution in [0.15, 0.2) is 12.3 Å². The highest BCUT2D eigenvalue weighted by atomic mass is 19.4. The maximum absolute atomic E-state index is 12.5. The molecule has 2 aromatic rings. The minimum Gasteiger partial charge on any atom is -0.370 e. The number of rotatable bonds is 7. The summed E-state index contributed by atoms with van der Waals surface area (Å²) in [6.45, 7) is 2.43. The van der Waals surface area contributed by atoms with Crippen molar-refractivity contribution in [3.8, 4) is 0 Å². The van der Waals surface area contributed by atoms with E-state index in [2.05, 4.69) is 20.1 Å². The van der Waals surface area contributed by atoms with Crippen LogP contribution in [0.25, 0.3) is 11.0 Å². The Morgan fingerprint density at radius 3 is 2.77 bits per heavy atom. The summed E-state index contributed by atoms with van der Waals surface area (Å²) >= 11 is 0. The molecular weight excluding hydrogens is 349 g/mol. The number of amides is 1. The molecule has 6 nitrogen and oxygen atoms in total. The zero-order valence-electron chi connectivity index (χ0n) is 14.6. The number of aromatic nitrogens is 3. The van der Waals surface area contributed by atoms with Crippen LogP contribution in [0.2, 0.25) is 0 Å². The van der Waals surface area contributed by atoms with Crippen molar-refractivity contribution in [2.75, 3.05) is 19.8 Å². The molecule has 0 aromatic carbocycles. The second-order valence-corrected chi connectivity index (χ2v) is 6.71. The van der Waals surface area contributed by atoms with E-state index in [0.717, 1.165) is 18.5 Å². The first-order valence-corrected chi connectivity index (χ1v) is 8.57. The standard InChI is InChI=1S/C17H21F3N4O2/c1-10(2)24-15-13(8-22-24)12(7-14(23-15)11-3-4-11)16(25)21-5-6-26-9-17(18,19)20/h7-8,10-11H,3-6,9H2,1-2H3,(H,21,25). The highest BCUT2D eigenvalue weighted by Crippen LogP contribution is 2.40. The van der Waals surface area contributed by atoms with Crippen LogP contribution in [-0.4, -0.2) is 46.6 Å². The first-order valence-electron chi connectivity index (χ1n) is 8.57. The molecule has 0 aliphatic heterocycles. The maximum Gasteiger partial charge on any atom is 0.411 e. The SMILES string of the molecule is CC(C)n1ncc2c(C(=O)NCCOCC(F)(F)F)cc(C3CC3)nc21. The molecule has 0 saturated heterocycles. The fourth-order valence-electron chi connectivity index (χ4n) is 2.71. The molecule has 1 aliphatic rings. The van der Waals surface area contributed by atoms with Gasteiger partial charge in [-0.05, 0) is 32.8 Å². The summed E-state index contributed by atoms with van der Waals surface area (Å²) in [5.74, 6) is -0.00482. The van der Waals surface area contributed by atoms with Gasteiger partial charge in [0, 0.05) is 24.2 Å². The largest absolute Gasteiger partial charge is 0.411 e. The smallest absolute Gasteiger partial charge is 0.370 e. The zero-order valence-corrected chi connectivity index (χ0v) is 14.6. The molecule has 1 aliphatic carbocycles. The number of hydrogen-bond acceptors (Lipinski definition) is 4. The monoisotopic (exact) mass is 370 g/mol. The molecule has 1 amide bonds. The summed E-state index contributed by atoms with van der Waals surface area (Å²) in [5, 5.41) is 7.56. The molecule has 0 atom stereocenters. The number of pyridine rings is 1. The minimum absolute atomic E-state index is 0.00416. The Bertz CT molecular complexity index is 797. The van der Waals surface area contributed by atoms with E-state index in [-0.39, 0.29) is 25.1 Å². The summed E-state index contributed by atoms with van der Waals surface area (Å²) in [6.07, 6.45) is -0.679. The first kappa shape index (κ1) is 18.6. The molecule has 2 heterocycles. The van der Waals surface area contributed by atoms with E-state index in [1.165, 1.54) is 0 Å². The number of nitrogens with zero attached hydrogens (tertiary/aromatic N) is 3. The van der Waals surface area contributed by atoms with Gasteiger partial charge in [-0.2, -0.15) is 18.3 Å². The number of carbonyl (C=O) groups is 1. The lowest BCUT2D eigenvalue weighted by Crippen LogP contribution is -2.29. The van der Waals surface area contributed by atoms with Crippen LogP contribution in [0.1, 0.15) is 54.7 Å². The fraction of sp³-hybridized carbons (Fsp3) is 0.588. The lowest BCUT2D eigenvalue weighted by molar-refractivity contribution is -0.173. The van der Waals surface area contributed by atoms with Gasteiger partial charge >= 0.3 is 6.18 Å². The van der Waals surface area contributed by atoms with Gasteiger partial charge in [0.25, 0.3) is 5.91 Å². The normalized spacial score (nSPS) is 15.0. The Hall–Kier alpha value is -2.16. The summed E-state index contributed by atoms with van der Waals surface area (Å²) in [6, 6.07) is 1.86. The number of carbonyl (C=O) groups excluding carboxylic acids is 1. The number of alkyl halides is 3. The van der Waals surface area contributed by atoms with Crippen molar-refractivity contribution in [3.05, 3.63) is 23.5 Å². The van der Waals surface area contributed by atoms with Crippen molar-refractivity contribution in [3.63, 3.8) is 0 Å². The first-order chi connectivity index (χ1) is 12.3. The van der Waals surface area contributed by atoms with Crippen LogP contribution in [-0.2, 0) is 4.74 Å². The molecule has 0 spiro atoms. The highest BCUT2D eigenvalue weighted by Gasteiger charge is 2.29. The van der Waals surface area contributed by atoms with Gasteiger partial charge in [-0.1, -0.05) is 0 Å². The Balaban J connectivity index is 1.74. The third-order valence-electron chi connectivity index (χ3n) is 4.11. The van der Waals surface area contributed by atoms with Crippen LogP contribution < -0.4 is 5.32 Å². The van der Waals surface area contributed by atoms with Crippen molar-refractivity contribution >= 4 is 16.9 Å². The topological polar surface area (TPSA) is 69.0 Å². The van der Waals surface area contributed by atoms with Crippen molar-refractivity contribution in [1.29, 1.82) is 0 Å².